The van der Waals surface area contributed by atoms with Gasteiger partial charge in [-0.2, -0.15) is 0 Å². The normalized spacial score (nSPS) is 14.4. The topological polar surface area (TPSA) is 52.6 Å². The number of carbonyl (C=O) groups excluding carboxylic acids is 1. The zero-order valence-electron chi connectivity index (χ0n) is 19.3. The Morgan fingerprint density at radius 3 is 2.40 bits per heavy atom. The minimum Gasteiger partial charge on any atom is -0.353 e. The summed E-state index contributed by atoms with van der Waals surface area (Å²) in [7, 11) is 3.61. The van der Waals surface area contributed by atoms with Crippen molar-refractivity contribution in [2.75, 3.05) is 45.2 Å². The van der Waals surface area contributed by atoms with Gasteiger partial charge in [0.15, 0.2) is 0 Å². The van der Waals surface area contributed by atoms with E-state index in [0.29, 0.717) is 19.0 Å². The maximum absolute atomic E-state index is 12.3. The van der Waals surface area contributed by atoms with Gasteiger partial charge in [-0.05, 0) is 25.3 Å². The molecule has 30 heavy (non-hydrogen) atoms. The van der Waals surface area contributed by atoms with E-state index in [1.165, 1.54) is 16.7 Å². The van der Waals surface area contributed by atoms with Crippen LogP contribution in [0.4, 0.5) is 10.6 Å². The monoisotopic (exact) mass is 409 g/mol. The molecule has 162 valence electrons. The maximum Gasteiger partial charge on any atom is 0.319 e. The van der Waals surface area contributed by atoms with Crippen LogP contribution in [0.3, 0.4) is 0 Å². The first-order chi connectivity index (χ1) is 14.2. The van der Waals surface area contributed by atoms with Crippen LogP contribution in [0, 0.1) is 19.8 Å². The number of piperazine rings is 1. The van der Waals surface area contributed by atoms with Gasteiger partial charge >= 0.3 is 6.03 Å². The van der Waals surface area contributed by atoms with Crippen molar-refractivity contribution in [3.05, 3.63) is 52.5 Å². The molecule has 2 aromatic rings. The van der Waals surface area contributed by atoms with Gasteiger partial charge in [0, 0.05) is 64.4 Å². The number of aromatic nitrogens is 2. The van der Waals surface area contributed by atoms with E-state index >= 15 is 0 Å². The van der Waals surface area contributed by atoms with Crippen molar-refractivity contribution < 1.29 is 4.79 Å². The zero-order valence-corrected chi connectivity index (χ0v) is 19.3. The Bertz CT molecular complexity index is 885. The molecule has 0 N–H and O–H groups in total. The number of aryl methyl sites for hydroxylation is 2. The molecule has 0 unspecified atom stereocenters. The lowest BCUT2D eigenvalue weighted by Gasteiger charge is -2.37. The van der Waals surface area contributed by atoms with E-state index in [-0.39, 0.29) is 6.03 Å². The van der Waals surface area contributed by atoms with Gasteiger partial charge in [0.2, 0.25) is 0 Å². The standard InChI is InChI=1S/C24H35N5O/c1-17(2)14-22-25-19(4)21(16-20-9-7-8-18(3)15-20)23(26-22)28-10-12-29(13-11-28)24(30)27(5)6/h7-9,15,17H,10-14,16H2,1-6H3. The van der Waals surface area contributed by atoms with Crippen molar-refractivity contribution in [3.63, 3.8) is 0 Å². The van der Waals surface area contributed by atoms with E-state index in [9.17, 15) is 4.79 Å². The number of nitrogens with zero attached hydrogens (tertiary/aromatic N) is 5. The van der Waals surface area contributed by atoms with E-state index in [0.717, 1.165) is 43.3 Å². The summed E-state index contributed by atoms with van der Waals surface area (Å²) in [6.07, 6.45) is 1.69. The Morgan fingerprint density at radius 1 is 1.10 bits per heavy atom. The summed E-state index contributed by atoms with van der Waals surface area (Å²) in [6, 6.07) is 8.72. The fourth-order valence-corrected chi connectivity index (χ4v) is 3.98. The van der Waals surface area contributed by atoms with Gasteiger partial charge in [0.05, 0.1) is 0 Å². The summed E-state index contributed by atoms with van der Waals surface area (Å²) < 4.78 is 0. The quantitative estimate of drug-likeness (QED) is 0.756. The van der Waals surface area contributed by atoms with Gasteiger partial charge in [-0.15, -0.1) is 0 Å². The van der Waals surface area contributed by atoms with Crippen molar-refractivity contribution in [1.29, 1.82) is 0 Å². The summed E-state index contributed by atoms with van der Waals surface area (Å²) in [5.74, 6) is 2.46. The average molecular weight is 410 g/mol. The second-order valence-corrected chi connectivity index (χ2v) is 8.94. The Hall–Kier alpha value is -2.63. The molecule has 1 fully saturated rings. The first-order valence-electron chi connectivity index (χ1n) is 10.9. The highest BCUT2D eigenvalue weighted by Crippen LogP contribution is 2.26. The van der Waals surface area contributed by atoms with Gasteiger partial charge in [-0.1, -0.05) is 43.7 Å². The highest BCUT2D eigenvalue weighted by Gasteiger charge is 2.26. The number of hydrogen-bond donors (Lipinski definition) is 0. The van der Waals surface area contributed by atoms with Crippen LogP contribution in [-0.4, -0.2) is 66.1 Å². The van der Waals surface area contributed by atoms with Gasteiger partial charge in [0.25, 0.3) is 0 Å². The molecular weight excluding hydrogens is 374 g/mol. The molecule has 0 saturated carbocycles. The fourth-order valence-electron chi connectivity index (χ4n) is 3.98. The third kappa shape index (κ3) is 5.29. The van der Waals surface area contributed by atoms with Gasteiger partial charge in [0.1, 0.15) is 11.6 Å². The van der Waals surface area contributed by atoms with Crippen LogP contribution in [0.2, 0.25) is 0 Å². The summed E-state index contributed by atoms with van der Waals surface area (Å²) in [6.45, 7) is 11.6. The SMILES string of the molecule is Cc1cccc(Cc2c(C)nc(CC(C)C)nc2N2CCN(C(=O)N(C)C)CC2)c1. The van der Waals surface area contributed by atoms with E-state index in [1.807, 2.05) is 4.90 Å². The van der Waals surface area contributed by atoms with Crippen LogP contribution in [0.15, 0.2) is 24.3 Å². The predicted molar refractivity (Wildman–Crippen MR) is 122 cm³/mol. The molecule has 3 rings (SSSR count). The molecule has 0 radical (unpaired) electrons. The van der Waals surface area contributed by atoms with Gasteiger partial charge < -0.3 is 14.7 Å². The number of urea groups is 1. The highest BCUT2D eigenvalue weighted by molar-refractivity contribution is 5.74. The van der Waals surface area contributed by atoms with Crippen LogP contribution >= 0.6 is 0 Å². The van der Waals surface area contributed by atoms with Crippen molar-refractivity contribution >= 4 is 11.8 Å². The predicted octanol–water partition coefficient (Wildman–Crippen LogP) is 3.69. The first-order valence-corrected chi connectivity index (χ1v) is 10.9. The molecule has 6 heteroatoms. The largest absolute Gasteiger partial charge is 0.353 e. The van der Waals surface area contributed by atoms with Gasteiger partial charge in [-0.3, -0.25) is 0 Å². The van der Waals surface area contributed by atoms with Crippen molar-refractivity contribution in [2.45, 2.75) is 40.5 Å². The fraction of sp³-hybridized carbons (Fsp3) is 0.542. The molecular formula is C24H35N5O. The first kappa shape index (κ1) is 22.1. The number of hydrogen-bond acceptors (Lipinski definition) is 4. The van der Waals surface area contributed by atoms with Crippen LogP contribution in [0.1, 0.15) is 42.1 Å². The molecule has 1 aromatic heterocycles. The molecule has 2 heterocycles. The summed E-state index contributed by atoms with van der Waals surface area (Å²) in [5, 5.41) is 0. The van der Waals surface area contributed by atoms with Crippen LogP contribution < -0.4 is 4.90 Å². The molecule has 6 nitrogen and oxygen atoms in total. The van der Waals surface area contributed by atoms with Crippen LogP contribution in [0.25, 0.3) is 0 Å². The lowest BCUT2D eigenvalue weighted by molar-refractivity contribution is 0.168. The van der Waals surface area contributed by atoms with Crippen molar-refractivity contribution in [3.8, 4) is 0 Å². The molecule has 0 bridgehead atoms. The van der Waals surface area contributed by atoms with E-state index in [1.54, 1.807) is 19.0 Å². The maximum atomic E-state index is 12.3. The second kappa shape index (κ2) is 9.45. The molecule has 0 spiro atoms. The Balaban J connectivity index is 1.90. The zero-order chi connectivity index (χ0) is 21.8. The summed E-state index contributed by atoms with van der Waals surface area (Å²) >= 11 is 0. The lowest BCUT2D eigenvalue weighted by Crippen LogP contribution is -2.52. The lowest BCUT2D eigenvalue weighted by atomic mass is 10.0. The number of anilines is 1. The van der Waals surface area contributed by atoms with Crippen molar-refractivity contribution in [1.82, 2.24) is 19.8 Å². The van der Waals surface area contributed by atoms with E-state index in [2.05, 4.69) is 56.9 Å². The Morgan fingerprint density at radius 2 is 1.80 bits per heavy atom. The number of benzene rings is 1. The van der Waals surface area contributed by atoms with Crippen LogP contribution in [0.5, 0.6) is 0 Å². The van der Waals surface area contributed by atoms with Crippen molar-refractivity contribution in [2.24, 2.45) is 5.92 Å². The molecule has 0 atom stereocenters. The van der Waals surface area contributed by atoms with E-state index in [4.69, 9.17) is 9.97 Å². The minimum atomic E-state index is 0.0778. The molecule has 1 saturated heterocycles. The molecule has 1 aromatic carbocycles. The Labute approximate surface area is 180 Å². The second-order valence-electron chi connectivity index (χ2n) is 8.94. The Kier molecular flexibility index (Phi) is 6.95. The summed E-state index contributed by atoms with van der Waals surface area (Å²) in [4.78, 5) is 28.1. The van der Waals surface area contributed by atoms with Crippen LogP contribution in [-0.2, 0) is 12.8 Å². The molecule has 1 aliphatic rings. The number of carbonyl (C=O) groups is 1. The minimum absolute atomic E-state index is 0.0778. The number of rotatable bonds is 5. The molecule has 2 amide bonds. The van der Waals surface area contributed by atoms with E-state index < -0.39 is 0 Å². The highest BCUT2D eigenvalue weighted by atomic mass is 16.2. The number of amides is 2. The smallest absolute Gasteiger partial charge is 0.319 e. The summed E-state index contributed by atoms with van der Waals surface area (Å²) in [5.41, 5.74) is 4.80. The third-order valence-electron chi connectivity index (χ3n) is 5.52. The molecule has 0 aliphatic carbocycles. The third-order valence-corrected chi connectivity index (χ3v) is 5.52. The average Bonchev–Trinajstić information content (AvgIpc) is 2.69. The van der Waals surface area contributed by atoms with Gasteiger partial charge in [-0.25, -0.2) is 14.8 Å². The molecule has 1 aliphatic heterocycles.